The highest BCUT2D eigenvalue weighted by Gasteiger charge is 2.33. The van der Waals surface area contributed by atoms with E-state index < -0.39 is 12.2 Å². The smallest absolute Gasteiger partial charge is 0.251 e. The number of carbonyl (C=O) groups excluding carboxylic acids is 2. The third-order valence-corrected chi connectivity index (χ3v) is 8.44. The van der Waals surface area contributed by atoms with Gasteiger partial charge in [-0.15, -0.1) is 0 Å². The average molecular weight is 584 g/mol. The number of likely N-dealkylation sites (tertiary alicyclic amines) is 2. The number of aromatic nitrogens is 4. The Morgan fingerprint density at radius 3 is 2.33 bits per heavy atom. The number of aromatic amines is 1. The van der Waals surface area contributed by atoms with Gasteiger partial charge in [0.1, 0.15) is 18.0 Å². The Morgan fingerprint density at radius 2 is 1.60 bits per heavy atom. The van der Waals surface area contributed by atoms with Gasteiger partial charge in [-0.1, -0.05) is 24.3 Å². The van der Waals surface area contributed by atoms with Crippen LogP contribution in [0, 0.1) is 5.92 Å². The van der Waals surface area contributed by atoms with Crippen molar-refractivity contribution < 1.29 is 19.8 Å². The molecule has 4 N–H and O–H groups in total. The summed E-state index contributed by atoms with van der Waals surface area (Å²) < 4.78 is 0. The molecule has 4 heterocycles. The number of fused-ring (bicyclic) bond motifs is 1. The highest BCUT2D eigenvalue weighted by Crippen LogP contribution is 2.33. The van der Waals surface area contributed by atoms with Gasteiger partial charge in [-0.25, -0.2) is 15.0 Å². The lowest BCUT2D eigenvalue weighted by Crippen LogP contribution is -2.37. The predicted octanol–water partition coefficient (Wildman–Crippen LogP) is 3.37. The van der Waals surface area contributed by atoms with Crippen LogP contribution < -0.4 is 5.32 Å². The molecule has 2 aromatic heterocycles. The molecule has 2 fully saturated rings. The summed E-state index contributed by atoms with van der Waals surface area (Å²) in [4.78, 5) is 44.8. The van der Waals surface area contributed by atoms with Crippen molar-refractivity contribution in [3.63, 3.8) is 0 Å². The van der Waals surface area contributed by atoms with Crippen molar-refractivity contribution in [2.75, 3.05) is 31.5 Å². The van der Waals surface area contributed by atoms with E-state index in [1.165, 1.54) is 13.8 Å². The zero-order valence-electron chi connectivity index (χ0n) is 24.4. The van der Waals surface area contributed by atoms with Gasteiger partial charge in [0.15, 0.2) is 0 Å². The number of H-pyrrole nitrogens is 1. The van der Waals surface area contributed by atoms with Crippen LogP contribution in [-0.2, 0) is 9.59 Å². The van der Waals surface area contributed by atoms with Gasteiger partial charge in [-0.05, 0) is 67.5 Å². The summed E-state index contributed by atoms with van der Waals surface area (Å²) >= 11 is 0. The van der Waals surface area contributed by atoms with E-state index in [0.717, 1.165) is 58.2 Å². The molecule has 4 aromatic rings. The summed E-state index contributed by atoms with van der Waals surface area (Å²) in [7, 11) is 0. The maximum absolute atomic E-state index is 12.4. The van der Waals surface area contributed by atoms with Crippen molar-refractivity contribution in [2.45, 2.75) is 51.4 Å². The molecule has 2 saturated heterocycles. The molecular weight excluding hydrogens is 546 g/mol. The number of anilines is 1. The second kappa shape index (κ2) is 12.1. The maximum atomic E-state index is 12.4. The van der Waals surface area contributed by atoms with E-state index >= 15 is 0 Å². The number of carbonyl (C=O) groups is 2. The van der Waals surface area contributed by atoms with Crippen LogP contribution in [0.4, 0.5) is 5.95 Å². The molecule has 2 amide bonds. The Morgan fingerprint density at radius 1 is 0.907 bits per heavy atom. The van der Waals surface area contributed by atoms with Crippen LogP contribution in [0.3, 0.4) is 0 Å². The Kier molecular flexibility index (Phi) is 8.09. The molecule has 11 nitrogen and oxygen atoms in total. The van der Waals surface area contributed by atoms with Crippen LogP contribution in [0.15, 0.2) is 55.0 Å². The van der Waals surface area contributed by atoms with Gasteiger partial charge in [-0.2, -0.15) is 0 Å². The summed E-state index contributed by atoms with van der Waals surface area (Å²) in [6.07, 6.45) is 6.02. The summed E-state index contributed by atoms with van der Waals surface area (Å²) in [6.45, 7) is 5.58. The lowest BCUT2D eigenvalue weighted by atomic mass is 10.0. The standard InChI is InChI=1S/C32H37N7O4/c1-19(40)30(42)38-11-9-21(18-38)14-34-32-35-15-26(16-36-32)24-6-5-23-13-25(8-7-22(23)12-24)27-17-33-29(37-27)28-4-3-10-39(28)31(43)20(2)41/h5-8,12-13,15-17,19-21,28,40-41H,3-4,9-11,14,18H2,1-2H3,(H,33,37)(H,34,35,36)/t19-,20-,21+,28-/m0/s1. The van der Waals surface area contributed by atoms with Crippen molar-refractivity contribution in [3.8, 4) is 22.4 Å². The molecule has 43 heavy (non-hydrogen) atoms. The van der Waals surface area contributed by atoms with Crippen molar-refractivity contribution >= 4 is 28.5 Å². The molecule has 224 valence electrons. The molecule has 2 aromatic carbocycles. The first-order chi connectivity index (χ1) is 20.8. The number of nitrogens with one attached hydrogen (secondary N) is 2. The quantitative estimate of drug-likeness (QED) is 0.247. The zero-order chi connectivity index (χ0) is 30.1. The van der Waals surface area contributed by atoms with E-state index in [4.69, 9.17) is 0 Å². The number of benzene rings is 2. The van der Waals surface area contributed by atoms with Crippen LogP contribution in [0.25, 0.3) is 33.2 Å². The number of rotatable bonds is 8. The largest absolute Gasteiger partial charge is 0.384 e. The van der Waals surface area contributed by atoms with Crippen molar-refractivity contribution in [3.05, 3.63) is 60.8 Å². The van der Waals surface area contributed by atoms with Crippen molar-refractivity contribution in [1.82, 2.24) is 29.7 Å². The molecular formula is C32H37N7O4. The second-order valence-corrected chi connectivity index (χ2v) is 11.6. The summed E-state index contributed by atoms with van der Waals surface area (Å²) in [5.41, 5.74) is 3.82. The first-order valence-corrected chi connectivity index (χ1v) is 14.9. The second-order valence-electron chi connectivity index (χ2n) is 11.6. The highest BCUT2D eigenvalue weighted by molar-refractivity contribution is 5.90. The zero-order valence-corrected chi connectivity index (χ0v) is 24.4. The molecule has 11 heteroatoms. The molecule has 0 unspecified atom stereocenters. The molecule has 0 aliphatic carbocycles. The highest BCUT2D eigenvalue weighted by atomic mass is 16.3. The first kappa shape index (κ1) is 28.8. The molecule has 0 bridgehead atoms. The molecule has 0 saturated carbocycles. The van der Waals surface area contributed by atoms with Crippen LogP contribution in [-0.4, -0.2) is 90.2 Å². The van der Waals surface area contributed by atoms with E-state index in [1.807, 2.05) is 12.4 Å². The fourth-order valence-electron chi connectivity index (χ4n) is 6.07. The normalized spacial score (nSPS) is 20.0. The van der Waals surface area contributed by atoms with Crippen LogP contribution in [0.2, 0.25) is 0 Å². The number of imidazole rings is 1. The first-order valence-electron chi connectivity index (χ1n) is 14.9. The number of aliphatic hydroxyl groups excluding tert-OH is 2. The Labute approximate surface area is 250 Å². The summed E-state index contributed by atoms with van der Waals surface area (Å²) in [6, 6.07) is 12.4. The molecule has 0 radical (unpaired) electrons. The lowest BCUT2D eigenvalue weighted by Gasteiger charge is -2.24. The van der Waals surface area contributed by atoms with E-state index in [2.05, 4.69) is 61.7 Å². The van der Waals surface area contributed by atoms with Gasteiger partial charge in [-0.3, -0.25) is 9.59 Å². The van der Waals surface area contributed by atoms with E-state index in [-0.39, 0.29) is 17.9 Å². The van der Waals surface area contributed by atoms with Crippen molar-refractivity contribution in [1.29, 1.82) is 0 Å². The molecule has 2 aliphatic rings. The predicted molar refractivity (Wildman–Crippen MR) is 163 cm³/mol. The SMILES string of the molecule is C[C@H](O)C(=O)N1CC[C@H](CNc2ncc(-c3ccc4cc(-c5cnc([C@@H]6CCCN6C(=O)[C@H](C)O)[nH]5)ccc4c3)cn2)C1. The monoisotopic (exact) mass is 583 g/mol. The van der Waals surface area contributed by atoms with Crippen LogP contribution in [0.1, 0.15) is 45.0 Å². The number of aliphatic hydroxyl groups is 2. The fourth-order valence-corrected chi connectivity index (χ4v) is 6.07. The fraction of sp³-hybridized carbons (Fsp3) is 0.406. The molecule has 4 atom stereocenters. The number of hydrogen-bond acceptors (Lipinski definition) is 8. The minimum absolute atomic E-state index is 0.151. The Hall–Kier alpha value is -4.35. The van der Waals surface area contributed by atoms with Gasteiger partial charge >= 0.3 is 0 Å². The summed E-state index contributed by atoms with van der Waals surface area (Å²) in [5.74, 6) is 1.10. The number of hydrogen-bond donors (Lipinski definition) is 4. The van der Waals surface area contributed by atoms with E-state index in [0.29, 0.717) is 38.0 Å². The van der Waals surface area contributed by atoms with Crippen LogP contribution in [0.5, 0.6) is 0 Å². The molecule has 6 rings (SSSR count). The minimum Gasteiger partial charge on any atom is -0.384 e. The van der Waals surface area contributed by atoms with Gasteiger partial charge in [0.05, 0.1) is 17.9 Å². The third kappa shape index (κ3) is 6.09. The van der Waals surface area contributed by atoms with E-state index in [9.17, 15) is 19.8 Å². The average Bonchev–Trinajstić information content (AvgIpc) is 3.80. The van der Waals surface area contributed by atoms with E-state index in [1.54, 1.807) is 16.0 Å². The Balaban J connectivity index is 1.10. The number of nitrogens with zero attached hydrogens (tertiary/aromatic N) is 5. The maximum Gasteiger partial charge on any atom is 0.251 e. The van der Waals surface area contributed by atoms with Gasteiger partial charge in [0, 0.05) is 49.7 Å². The molecule has 2 aliphatic heterocycles. The summed E-state index contributed by atoms with van der Waals surface area (Å²) in [5, 5.41) is 24.8. The van der Waals surface area contributed by atoms with Crippen LogP contribution >= 0.6 is 0 Å². The van der Waals surface area contributed by atoms with Gasteiger partial charge in [0.2, 0.25) is 5.95 Å². The number of amides is 2. The van der Waals surface area contributed by atoms with Crippen molar-refractivity contribution in [2.24, 2.45) is 5.92 Å². The topological polar surface area (TPSA) is 148 Å². The Bertz CT molecular complexity index is 1620. The van der Waals surface area contributed by atoms with Gasteiger partial charge in [0.25, 0.3) is 11.8 Å². The third-order valence-electron chi connectivity index (χ3n) is 8.44. The lowest BCUT2D eigenvalue weighted by molar-refractivity contribution is -0.140. The molecule has 0 spiro atoms. The minimum atomic E-state index is -1.02. The van der Waals surface area contributed by atoms with Gasteiger partial charge < -0.3 is 30.3 Å².